The summed E-state index contributed by atoms with van der Waals surface area (Å²) < 4.78 is 7.39. The zero-order valence-corrected chi connectivity index (χ0v) is 20.1. The van der Waals surface area contributed by atoms with Gasteiger partial charge in [0.05, 0.1) is 5.69 Å². The van der Waals surface area contributed by atoms with Gasteiger partial charge in [0.1, 0.15) is 0 Å². The third-order valence-corrected chi connectivity index (χ3v) is 6.50. The number of amides is 1. The van der Waals surface area contributed by atoms with Crippen LogP contribution in [-0.2, 0) is 18.3 Å². The van der Waals surface area contributed by atoms with Gasteiger partial charge in [-0.05, 0) is 31.0 Å². The normalized spacial score (nSPS) is 15.4. The van der Waals surface area contributed by atoms with Crippen molar-refractivity contribution in [3.63, 3.8) is 0 Å². The molecule has 10 nitrogen and oxygen atoms in total. The summed E-state index contributed by atoms with van der Waals surface area (Å²) in [5.41, 5.74) is 1.46. The summed E-state index contributed by atoms with van der Waals surface area (Å²) in [5, 5.41) is 8.11. The molecule has 1 aliphatic rings. The molecule has 2 aromatic heterocycles. The van der Waals surface area contributed by atoms with E-state index in [1.165, 1.54) is 12.6 Å². The van der Waals surface area contributed by atoms with Gasteiger partial charge in [0.15, 0.2) is 5.69 Å². The predicted molar refractivity (Wildman–Crippen MR) is 132 cm³/mol. The largest absolute Gasteiger partial charge is 0.351 e. The zero-order valence-electron chi connectivity index (χ0n) is 20.1. The van der Waals surface area contributed by atoms with Crippen LogP contribution in [0.3, 0.4) is 0 Å². The van der Waals surface area contributed by atoms with E-state index in [4.69, 9.17) is 4.52 Å². The Labute approximate surface area is 206 Å². The third-order valence-electron chi connectivity index (χ3n) is 6.50. The quantitative estimate of drug-likeness (QED) is 0.410. The van der Waals surface area contributed by atoms with E-state index in [0.717, 1.165) is 21.2 Å². The first kappa shape index (κ1) is 23.4. The lowest BCUT2D eigenvalue weighted by Crippen LogP contribution is -2.40. The number of carbonyl (C=O) groups is 1. The fourth-order valence-corrected chi connectivity index (χ4v) is 4.38. The number of aromatic nitrogens is 5. The monoisotopic (exact) mass is 486 g/mol. The fraction of sp³-hybridized carbons (Fsp3) is 0.308. The molecule has 0 radical (unpaired) electrons. The number of likely N-dealkylation sites (tertiary alicyclic amines) is 1. The molecular formula is C26H26N6O4. The number of rotatable bonds is 6. The molecule has 36 heavy (non-hydrogen) atoms. The van der Waals surface area contributed by atoms with Crippen LogP contribution < -0.4 is 11.2 Å². The molecule has 1 aliphatic heterocycles. The average Bonchev–Trinajstić information content (AvgIpc) is 3.58. The van der Waals surface area contributed by atoms with E-state index in [2.05, 4.69) is 27.4 Å². The van der Waals surface area contributed by atoms with Crippen LogP contribution in [0.1, 0.15) is 35.8 Å². The fourth-order valence-electron chi connectivity index (χ4n) is 4.38. The summed E-state index contributed by atoms with van der Waals surface area (Å²) in [4.78, 5) is 44.3. The number of nitrogens with zero attached hydrogens (tertiary/aromatic N) is 6. The summed E-state index contributed by atoms with van der Waals surface area (Å²) in [6, 6.07) is 17.4. The average molecular weight is 487 g/mol. The Morgan fingerprint density at radius 3 is 2.58 bits per heavy atom. The van der Waals surface area contributed by atoms with Gasteiger partial charge in [0.2, 0.25) is 17.6 Å². The van der Waals surface area contributed by atoms with E-state index < -0.39 is 11.2 Å². The van der Waals surface area contributed by atoms with Crippen molar-refractivity contribution in [3.05, 3.63) is 92.5 Å². The van der Waals surface area contributed by atoms with Crippen molar-refractivity contribution in [1.82, 2.24) is 29.4 Å². The second kappa shape index (κ2) is 9.73. The highest BCUT2D eigenvalue weighted by Crippen LogP contribution is 2.27. The molecule has 1 atom stereocenters. The van der Waals surface area contributed by atoms with Crippen molar-refractivity contribution in [2.75, 3.05) is 13.1 Å². The molecule has 184 valence electrons. The number of hydrogen-bond acceptors (Lipinski definition) is 7. The Bertz CT molecular complexity index is 1500. The van der Waals surface area contributed by atoms with Crippen LogP contribution in [0.5, 0.6) is 0 Å². The molecule has 0 saturated carbocycles. The van der Waals surface area contributed by atoms with Gasteiger partial charge in [0.25, 0.3) is 5.56 Å². The van der Waals surface area contributed by atoms with Gasteiger partial charge in [-0.2, -0.15) is 14.8 Å². The molecule has 1 amide bonds. The first-order chi connectivity index (χ1) is 17.4. The van der Waals surface area contributed by atoms with E-state index >= 15 is 0 Å². The van der Waals surface area contributed by atoms with Gasteiger partial charge in [-0.3, -0.25) is 14.2 Å². The molecule has 5 rings (SSSR count). The van der Waals surface area contributed by atoms with Crippen LogP contribution >= 0.6 is 0 Å². The van der Waals surface area contributed by atoms with Crippen molar-refractivity contribution in [2.45, 2.75) is 32.1 Å². The van der Waals surface area contributed by atoms with Gasteiger partial charge in [-0.15, -0.1) is 0 Å². The lowest BCUT2D eigenvalue weighted by Gasteiger charge is -2.16. The molecule has 3 heterocycles. The molecular weight excluding hydrogens is 460 g/mol. The van der Waals surface area contributed by atoms with Crippen LogP contribution in [0, 0.1) is 6.92 Å². The maximum absolute atomic E-state index is 12.8. The number of benzene rings is 2. The molecule has 0 bridgehead atoms. The van der Waals surface area contributed by atoms with E-state index in [1.807, 2.05) is 42.2 Å². The zero-order chi connectivity index (χ0) is 25.2. The minimum Gasteiger partial charge on any atom is -0.342 e. The molecule has 1 fully saturated rings. The minimum absolute atomic E-state index is 0.0233. The van der Waals surface area contributed by atoms with Crippen molar-refractivity contribution in [1.29, 1.82) is 0 Å². The summed E-state index contributed by atoms with van der Waals surface area (Å²) in [7, 11) is 1.37. The second-order valence-corrected chi connectivity index (χ2v) is 8.99. The standard InChI is InChI=1S/C26H26N6O4/c1-17-8-10-20(11-9-17)32-26(35)30(2)25(34)23(28-32)24-27-21(36-29-24)12-13-22(33)31-15-14-19(16-31)18-6-4-3-5-7-18/h3-11,19H,12-16H2,1-2H3/t19-/m0/s1. The Kier molecular flexibility index (Phi) is 6.32. The van der Waals surface area contributed by atoms with E-state index in [-0.39, 0.29) is 36.2 Å². The predicted octanol–water partition coefficient (Wildman–Crippen LogP) is 2.24. The molecule has 0 spiro atoms. The third kappa shape index (κ3) is 4.61. The molecule has 2 aromatic carbocycles. The van der Waals surface area contributed by atoms with Gasteiger partial charge in [0, 0.05) is 38.9 Å². The van der Waals surface area contributed by atoms with Crippen molar-refractivity contribution in [2.24, 2.45) is 7.05 Å². The first-order valence-electron chi connectivity index (χ1n) is 11.8. The van der Waals surface area contributed by atoms with Gasteiger partial charge >= 0.3 is 5.69 Å². The van der Waals surface area contributed by atoms with Crippen molar-refractivity contribution >= 4 is 5.91 Å². The Morgan fingerprint density at radius 1 is 1.08 bits per heavy atom. The SMILES string of the molecule is Cc1ccc(-n2nc(-c3noc(CCC(=O)N4CC[C@H](c5ccccc5)C4)n3)c(=O)n(C)c2=O)cc1. The van der Waals surface area contributed by atoms with Crippen LogP contribution in [-0.4, -0.2) is 48.4 Å². The number of carbonyl (C=O) groups excluding carboxylic acids is 1. The molecule has 0 aliphatic carbocycles. The van der Waals surface area contributed by atoms with E-state index in [9.17, 15) is 14.4 Å². The van der Waals surface area contributed by atoms with Crippen LogP contribution in [0.15, 0.2) is 68.7 Å². The van der Waals surface area contributed by atoms with E-state index in [1.54, 1.807) is 12.1 Å². The van der Waals surface area contributed by atoms with E-state index in [0.29, 0.717) is 24.7 Å². The molecule has 1 saturated heterocycles. The van der Waals surface area contributed by atoms with Gasteiger partial charge < -0.3 is 9.42 Å². The molecule has 0 unspecified atom stereocenters. The van der Waals surface area contributed by atoms with Gasteiger partial charge in [-0.1, -0.05) is 53.2 Å². The number of hydrogen-bond donors (Lipinski definition) is 0. The summed E-state index contributed by atoms with van der Waals surface area (Å²) in [5.74, 6) is 0.574. The number of aryl methyl sites for hydroxylation is 2. The Morgan fingerprint density at radius 2 is 1.83 bits per heavy atom. The van der Waals surface area contributed by atoms with Gasteiger partial charge in [-0.25, -0.2) is 4.79 Å². The van der Waals surface area contributed by atoms with Crippen molar-refractivity contribution < 1.29 is 9.32 Å². The Hall–Kier alpha value is -4.34. The molecule has 10 heteroatoms. The lowest BCUT2D eigenvalue weighted by molar-refractivity contribution is -0.130. The maximum atomic E-state index is 12.8. The lowest BCUT2D eigenvalue weighted by atomic mass is 9.99. The second-order valence-electron chi connectivity index (χ2n) is 8.99. The summed E-state index contributed by atoms with van der Waals surface area (Å²) in [6.45, 7) is 3.34. The highest BCUT2D eigenvalue weighted by Gasteiger charge is 2.27. The maximum Gasteiger partial charge on any atom is 0.351 e. The summed E-state index contributed by atoms with van der Waals surface area (Å²) in [6.07, 6.45) is 1.40. The van der Waals surface area contributed by atoms with Crippen LogP contribution in [0.25, 0.3) is 17.2 Å². The highest BCUT2D eigenvalue weighted by atomic mass is 16.5. The van der Waals surface area contributed by atoms with Crippen LogP contribution in [0.4, 0.5) is 0 Å². The van der Waals surface area contributed by atoms with Crippen molar-refractivity contribution in [3.8, 4) is 17.2 Å². The Balaban J connectivity index is 1.29. The highest BCUT2D eigenvalue weighted by molar-refractivity contribution is 5.76. The molecule has 0 N–H and O–H groups in total. The van der Waals surface area contributed by atoms with Crippen LogP contribution in [0.2, 0.25) is 0 Å². The summed E-state index contributed by atoms with van der Waals surface area (Å²) >= 11 is 0. The minimum atomic E-state index is -0.629. The molecule has 4 aromatic rings. The first-order valence-corrected chi connectivity index (χ1v) is 11.8. The smallest absolute Gasteiger partial charge is 0.342 e. The topological polar surface area (TPSA) is 116 Å².